The summed E-state index contributed by atoms with van der Waals surface area (Å²) >= 11 is 0. The standard InChI is InChI=1S/C15H22FNO2S/c1-3-19-15-5-4-13(8-14(15)16)10-17-6-7-20(18)11-12(2)9-17/h4-5,8,12H,3,6-7,9-11H2,1-2H3/t12-,20+/m0/s1. The zero-order valence-electron chi connectivity index (χ0n) is 12.1. The largest absolute Gasteiger partial charge is 0.491 e. The molecule has 0 aliphatic carbocycles. The molecule has 112 valence electrons. The highest BCUT2D eigenvalue weighted by Gasteiger charge is 2.19. The van der Waals surface area contributed by atoms with E-state index in [1.165, 1.54) is 6.07 Å². The van der Waals surface area contributed by atoms with Crippen LogP contribution in [-0.2, 0) is 17.3 Å². The van der Waals surface area contributed by atoms with Gasteiger partial charge in [0, 0.05) is 41.9 Å². The second-order valence-electron chi connectivity index (χ2n) is 5.35. The molecular formula is C15H22FNO2S. The molecule has 1 aromatic carbocycles. The molecule has 0 amide bonds. The van der Waals surface area contributed by atoms with Crippen molar-refractivity contribution in [2.75, 3.05) is 31.2 Å². The van der Waals surface area contributed by atoms with E-state index < -0.39 is 10.8 Å². The lowest BCUT2D eigenvalue weighted by Crippen LogP contribution is -2.28. The molecule has 1 aliphatic rings. The summed E-state index contributed by atoms with van der Waals surface area (Å²) in [7, 11) is -0.713. The Morgan fingerprint density at radius 1 is 1.50 bits per heavy atom. The predicted molar refractivity (Wildman–Crippen MR) is 79.9 cm³/mol. The first-order valence-electron chi connectivity index (χ1n) is 7.07. The van der Waals surface area contributed by atoms with Crippen molar-refractivity contribution in [2.24, 2.45) is 5.92 Å². The van der Waals surface area contributed by atoms with Gasteiger partial charge in [-0.25, -0.2) is 4.39 Å². The molecule has 0 aromatic heterocycles. The van der Waals surface area contributed by atoms with E-state index in [-0.39, 0.29) is 5.82 Å². The molecule has 0 saturated carbocycles. The minimum atomic E-state index is -0.713. The number of nitrogens with zero attached hydrogens (tertiary/aromatic N) is 1. The fourth-order valence-electron chi connectivity index (χ4n) is 2.53. The van der Waals surface area contributed by atoms with Crippen molar-refractivity contribution >= 4 is 10.8 Å². The minimum absolute atomic E-state index is 0.307. The van der Waals surface area contributed by atoms with Crippen molar-refractivity contribution in [1.29, 1.82) is 0 Å². The smallest absolute Gasteiger partial charge is 0.165 e. The first-order valence-corrected chi connectivity index (χ1v) is 8.56. The van der Waals surface area contributed by atoms with Crippen LogP contribution >= 0.6 is 0 Å². The summed E-state index contributed by atoms with van der Waals surface area (Å²) in [6.07, 6.45) is 0. The zero-order valence-corrected chi connectivity index (χ0v) is 12.9. The SMILES string of the molecule is CCOc1ccc(CN2CC[S@@](=O)C[C@@H](C)C2)cc1F. The van der Waals surface area contributed by atoms with Crippen molar-refractivity contribution < 1.29 is 13.3 Å². The number of benzene rings is 1. The van der Waals surface area contributed by atoms with Crippen LogP contribution in [-0.4, -0.2) is 40.3 Å². The summed E-state index contributed by atoms with van der Waals surface area (Å²) in [4.78, 5) is 2.25. The molecule has 1 aliphatic heterocycles. The molecule has 3 nitrogen and oxygen atoms in total. The number of hydrogen-bond acceptors (Lipinski definition) is 3. The fraction of sp³-hybridized carbons (Fsp3) is 0.600. The summed E-state index contributed by atoms with van der Waals surface area (Å²) in [6.45, 7) is 6.85. The maximum Gasteiger partial charge on any atom is 0.165 e. The Labute approximate surface area is 122 Å². The van der Waals surface area contributed by atoms with Gasteiger partial charge in [0.05, 0.1) is 6.61 Å². The van der Waals surface area contributed by atoms with E-state index in [0.717, 1.165) is 24.4 Å². The van der Waals surface area contributed by atoms with E-state index in [1.807, 2.05) is 13.0 Å². The number of halogens is 1. The summed E-state index contributed by atoms with van der Waals surface area (Å²) in [5.41, 5.74) is 0.936. The van der Waals surface area contributed by atoms with Gasteiger partial charge in [-0.2, -0.15) is 0 Å². The molecule has 1 saturated heterocycles. The van der Waals surface area contributed by atoms with Gasteiger partial charge in [0.15, 0.2) is 11.6 Å². The van der Waals surface area contributed by atoms with Crippen LogP contribution in [0.25, 0.3) is 0 Å². The molecule has 2 atom stereocenters. The maximum absolute atomic E-state index is 13.8. The Morgan fingerprint density at radius 3 is 3.00 bits per heavy atom. The Bertz CT molecular complexity index is 481. The summed E-state index contributed by atoms with van der Waals surface area (Å²) < 4.78 is 30.7. The minimum Gasteiger partial charge on any atom is -0.491 e. The number of rotatable bonds is 4. The molecule has 1 heterocycles. The fourth-order valence-corrected chi connectivity index (χ4v) is 3.90. The van der Waals surface area contributed by atoms with E-state index in [4.69, 9.17) is 4.74 Å². The van der Waals surface area contributed by atoms with Crippen LogP contribution < -0.4 is 4.74 Å². The Kier molecular flexibility index (Phi) is 5.54. The van der Waals surface area contributed by atoms with Gasteiger partial charge in [0.25, 0.3) is 0 Å². The number of ether oxygens (including phenoxy) is 1. The summed E-state index contributed by atoms with van der Waals surface area (Å²) in [6, 6.07) is 5.13. The highest BCUT2D eigenvalue weighted by atomic mass is 32.2. The van der Waals surface area contributed by atoms with Crippen molar-refractivity contribution in [3.8, 4) is 5.75 Å². The Morgan fingerprint density at radius 2 is 2.30 bits per heavy atom. The summed E-state index contributed by atoms with van der Waals surface area (Å²) in [5.74, 6) is 1.90. The molecule has 20 heavy (non-hydrogen) atoms. The topological polar surface area (TPSA) is 29.5 Å². The van der Waals surface area contributed by atoms with Gasteiger partial charge in [-0.3, -0.25) is 9.11 Å². The normalized spacial score (nSPS) is 24.4. The summed E-state index contributed by atoms with van der Waals surface area (Å²) in [5, 5.41) is 0. The third-order valence-corrected chi connectivity index (χ3v) is 4.96. The average Bonchev–Trinajstić information content (AvgIpc) is 2.54. The van der Waals surface area contributed by atoms with Crippen LogP contribution in [0.5, 0.6) is 5.75 Å². The predicted octanol–water partition coefficient (Wildman–Crippen LogP) is 2.42. The molecule has 0 radical (unpaired) electrons. The van der Waals surface area contributed by atoms with Crippen LogP contribution in [0.3, 0.4) is 0 Å². The van der Waals surface area contributed by atoms with Crippen molar-refractivity contribution in [1.82, 2.24) is 4.90 Å². The van der Waals surface area contributed by atoms with E-state index in [2.05, 4.69) is 11.8 Å². The third kappa shape index (κ3) is 4.28. The maximum atomic E-state index is 13.8. The highest BCUT2D eigenvalue weighted by molar-refractivity contribution is 7.85. The van der Waals surface area contributed by atoms with Crippen molar-refractivity contribution in [3.05, 3.63) is 29.6 Å². The molecular weight excluding hydrogens is 277 g/mol. The van der Waals surface area contributed by atoms with E-state index in [1.54, 1.807) is 6.07 Å². The lowest BCUT2D eigenvalue weighted by Gasteiger charge is -2.22. The van der Waals surface area contributed by atoms with Crippen molar-refractivity contribution in [2.45, 2.75) is 20.4 Å². The quantitative estimate of drug-likeness (QED) is 0.855. The van der Waals surface area contributed by atoms with Gasteiger partial charge < -0.3 is 4.74 Å². The first kappa shape index (κ1) is 15.4. The van der Waals surface area contributed by atoms with E-state index in [9.17, 15) is 8.60 Å². The van der Waals surface area contributed by atoms with Crippen LogP contribution in [0.4, 0.5) is 4.39 Å². The Hall–Kier alpha value is -0.940. The van der Waals surface area contributed by atoms with Gasteiger partial charge in [0.1, 0.15) is 0 Å². The molecule has 1 aromatic rings. The van der Waals surface area contributed by atoms with Gasteiger partial charge in [-0.1, -0.05) is 13.0 Å². The van der Waals surface area contributed by atoms with Crippen LogP contribution in [0.15, 0.2) is 18.2 Å². The second-order valence-corrected chi connectivity index (χ2v) is 6.97. The molecule has 2 rings (SSSR count). The van der Waals surface area contributed by atoms with Gasteiger partial charge in [0.2, 0.25) is 0 Å². The van der Waals surface area contributed by atoms with Gasteiger partial charge in [-0.05, 0) is 30.5 Å². The Balaban J connectivity index is 2.02. The average molecular weight is 299 g/mol. The van der Waals surface area contributed by atoms with Crippen LogP contribution in [0, 0.1) is 11.7 Å². The van der Waals surface area contributed by atoms with Crippen LogP contribution in [0.2, 0.25) is 0 Å². The van der Waals surface area contributed by atoms with E-state index >= 15 is 0 Å². The monoisotopic (exact) mass is 299 g/mol. The lowest BCUT2D eigenvalue weighted by atomic mass is 10.1. The third-order valence-electron chi connectivity index (χ3n) is 3.38. The highest BCUT2D eigenvalue weighted by Crippen LogP contribution is 2.20. The van der Waals surface area contributed by atoms with Crippen molar-refractivity contribution in [3.63, 3.8) is 0 Å². The molecule has 0 spiro atoms. The lowest BCUT2D eigenvalue weighted by molar-refractivity contribution is 0.256. The molecule has 0 bridgehead atoms. The van der Waals surface area contributed by atoms with Crippen LogP contribution in [0.1, 0.15) is 19.4 Å². The number of hydrogen-bond donors (Lipinski definition) is 0. The van der Waals surface area contributed by atoms with E-state index in [0.29, 0.717) is 30.6 Å². The molecule has 1 fully saturated rings. The second kappa shape index (κ2) is 7.18. The van der Waals surface area contributed by atoms with Gasteiger partial charge in [-0.15, -0.1) is 0 Å². The molecule has 0 unspecified atom stereocenters. The first-order chi connectivity index (χ1) is 9.58. The molecule has 0 N–H and O–H groups in total. The van der Waals surface area contributed by atoms with Gasteiger partial charge >= 0.3 is 0 Å². The zero-order chi connectivity index (χ0) is 14.5. The molecule has 5 heteroatoms.